The molecule has 0 saturated heterocycles. The highest BCUT2D eigenvalue weighted by atomic mass is 19.4. The molecule has 0 amide bonds. The second-order valence-electron chi connectivity index (χ2n) is 6.88. The van der Waals surface area contributed by atoms with Gasteiger partial charge in [-0.25, -0.2) is 4.98 Å². The molecule has 4 rings (SSSR count). The first-order chi connectivity index (χ1) is 14.8. The highest BCUT2D eigenvalue weighted by Crippen LogP contribution is 2.41. The van der Waals surface area contributed by atoms with Crippen LogP contribution in [-0.4, -0.2) is 29.2 Å². The van der Waals surface area contributed by atoms with Crippen LogP contribution in [0.3, 0.4) is 0 Å². The molecule has 0 fully saturated rings. The van der Waals surface area contributed by atoms with E-state index in [9.17, 15) is 18.4 Å². The average molecular weight is 426 g/mol. The maximum Gasteiger partial charge on any atom is 0.419 e. The normalized spacial score (nSPS) is 13.5. The molecule has 7 nitrogen and oxygen atoms in total. The molecule has 1 N–H and O–H groups in total. The van der Waals surface area contributed by atoms with Crippen molar-refractivity contribution >= 4 is 11.4 Å². The van der Waals surface area contributed by atoms with Crippen LogP contribution in [0.25, 0.3) is 11.3 Å². The van der Waals surface area contributed by atoms with E-state index in [-0.39, 0.29) is 29.3 Å². The van der Waals surface area contributed by atoms with Gasteiger partial charge in [-0.3, -0.25) is 15.4 Å². The van der Waals surface area contributed by atoms with E-state index in [4.69, 9.17) is 4.74 Å². The van der Waals surface area contributed by atoms with E-state index in [0.717, 1.165) is 6.07 Å². The summed E-state index contributed by atoms with van der Waals surface area (Å²) in [7, 11) is 3.51. The number of fused-ring (bicyclic) bond motifs is 1. The first-order valence-corrected chi connectivity index (χ1v) is 9.20. The molecule has 0 radical (unpaired) electrons. The zero-order valence-electron chi connectivity index (χ0n) is 16.6. The van der Waals surface area contributed by atoms with Crippen molar-refractivity contribution in [2.75, 3.05) is 24.5 Å². The number of nitriles is 1. The average Bonchev–Trinajstić information content (AvgIpc) is 3.05. The number of hydrogen-bond acceptors (Lipinski definition) is 7. The summed E-state index contributed by atoms with van der Waals surface area (Å²) in [5.41, 5.74) is 4.43. The summed E-state index contributed by atoms with van der Waals surface area (Å²) >= 11 is 0. The lowest BCUT2D eigenvalue weighted by molar-refractivity contribution is -0.139. The summed E-state index contributed by atoms with van der Waals surface area (Å²) < 4.78 is 46.7. The molecular formula is C21H17F3N6O. The van der Waals surface area contributed by atoms with Gasteiger partial charge in [0.2, 0.25) is 0 Å². The number of aromatic nitrogens is 2. The lowest BCUT2D eigenvalue weighted by atomic mass is 10.0. The monoisotopic (exact) mass is 426 g/mol. The van der Waals surface area contributed by atoms with Gasteiger partial charge in [0, 0.05) is 37.6 Å². The third kappa shape index (κ3) is 3.95. The maximum absolute atomic E-state index is 13.8. The first-order valence-electron chi connectivity index (χ1n) is 9.20. The van der Waals surface area contributed by atoms with E-state index in [1.807, 2.05) is 6.07 Å². The molecule has 0 saturated carbocycles. The molecule has 1 aliphatic rings. The van der Waals surface area contributed by atoms with Gasteiger partial charge in [-0.2, -0.15) is 18.4 Å². The molecule has 0 aliphatic carbocycles. The first kappa shape index (κ1) is 20.4. The van der Waals surface area contributed by atoms with Gasteiger partial charge in [-0.15, -0.1) is 5.12 Å². The second kappa shape index (κ2) is 7.77. The van der Waals surface area contributed by atoms with Crippen molar-refractivity contribution in [3.63, 3.8) is 0 Å². The third-order valence-corrected chi connectivity index (χ3v) is 4.87. The fraction of sp³-hybridized carbons (Fsp3) is 0.190. The maximum atomic E-state index is 13.8. The fourth-order valence-corrected chi connectivity index (χ4v) is 3.21. The number of halogens is 3. The number of benzene rings is 1. The third-order valence-electron chi connectivity index (χ3n) is 4.87. The molecule has 0 bridgehead atoms. The van der Waals surface area contributed by atoms with Crippen LogP contribution in [0.1, 0.15) is 16.8 Å². The van der Waals surface area contributed by atoms with Crippen molar-refractivity contribution in [1.29, 1.82) is 5.26 Å². The van der Waals surface area contributed by atoms with Crippen LogP contribution in [0.2, 0.25) is 0 Å². The number of alkyl halides is 3. The zero-order chi connectivity index (χ0) is 22.2. The molecule has 3 aromatic rings. The largest absolute Gasteiger partial charge is 0.488 e. The lowest BCUT2D eigenvalue weighted by Crippen LogP contribution is -2.34. The van der Waals surface area contributed by atoms with Gasteiger partial charge in [-0.05, 0) is 30.3 Å². The number of hydrazine groups is 2. The van der Waals surface area contributed by atoms with Crippen molar-refractivity contribution < 1.29 is 17.9 Å². The number of pyridine rings is 2. The van der Waals surface area contributed by atoms with Crippen LogP contribution in [0.5, 0.6) is 5.75 Å². The zero-order valence-corrected chi connectivity index (χ0v) is 16.6. The molecule has 0 atom stereocenters. The van der Waals surface area contributed by atoms with E-state index in [0.29, 0.717) is 16.9 Å². The Bertz CT molecular complexity index is 1160. The quantitative estimate of drug-likeness (QED) is 0.669. The van der Waals surface area contributed by atoms with Crippen LogP contribution in [0, 0.1) is 11.3 Å². The number of rotatable bonds is 4. The number of hydrogen-bond donors (Lipinski definition) is 1. The summed E-state index contributed by atoms with van der Waals surface area (Å²) in [4.78, 5) is 8.18. The Labute approximate surface area is 176 Å². The van der Waals surface area contributed by atoms with Gasteiger partial charge in [0.25, 0.3) is 0 Å². The van der Waals surface area contributed by atoms with E-state index >= 15 is 0 Å². The molecule has 10 heteroatoms. The van der Waals surface area contributed by atoms with Crippen molar-refractivity contribution in [3.8, 4) is 23.1 Å². The molecule has 3 heterocycles. The molecule has 0 unspecified atom stereocenters. The van der Waals surface area contributed by atoms with Gasteiger partial charge >= 0.3 is 6.18 Å². The van der Waals surface area contributed by atoms with Crippen LogP contribution < -0.4 is 15.2 Å². The summed E-state index contributed by atoms with van der Waals surface area (Å²) in [6.45, 7) is -0.0469. The van der Waals surface area contributed by atoms with Crippen LogP contribution in [0.15, 0.2) is 48.8 Å². The van der Waals surface area contributed by atoms with E-state index in [1.165, 1.54) is 18.3 Å². The standard InChI is InChI=1S/C21H17F3N6O/c1-29-18-9-16(27-17(10-25)20(18)28-30(29)2)14-5-6-19(15(8-14)21(22,23)24)31-12-13-4-3-7-26-11-13/h3-9,11,28H,12H2,1-2H3. The van der Waals surface area contributed by atoms with Gasteiger partial charge in [-0.1, -0.05) is 6.07 Å². The smallest absolute Gasteiger partial charge is 0.419 e. The summed E-state index contributed by atoms with van der Waals surface area (Å²) in [6, 6.07) is 10.8. The predicted octanol–water partition coefficient (Wildman–Crippen LogP) is 4.24. The van der Waals surface area contributed by atoms with Crippen LogP contribution in [-0.2, 0) is 12.8 Å². The number of nitrogens with zero attached hydrogens (tertiary/aromatic N) is 5. The molecule has 31 heavy (non-hydrogen) atoms. The predicted molar refractivity (Wildman–Crippen MR) is 108 cm³/mol. The number of nitrogens with one attached hydrogen (secondary N) is 1. The molecule has 158 valence electrons. The molecular weight excluding hydrogens is 409 g/mol. The second-order valence-corrected chi connectivity index (χ2v) is 6.88. The van der Waals surface area contributed by atoms with E-state index in [1.54, 1.807) is 48.6 Å². The lowest BCUT2D eigenvalue weighted by Gasteiger charge is -2.20. The SMILES string of the molecule is CN1Nc2c(cc(-c3ccc(OCc4cccnc4)c(C(F)(F)F)c3)nc2C#N)N1C. The Morgan fingerprint density at radius 2 is 2.00 bits per heavy atom. The van der Waals surface area contributed by atoms with Crippen LogP contribution >= 0.6 is 0 Å². The molecule has 0 spiro atoms. The van der Waals surface area contributed by atoms with Crippen molar-refractivity contribution in [2.45, 2.75) is 12.8 Å². The van der Waals surface area contributed by atoms with Gasteiger partial charge in [0.1, 0.15) is 24.1 Å². The van der Waals surface area contributed by atoms with E-state index in [2.05, 4.69) is 15.4 Å². The topological polar surface area (TPSA) is 77.3 Å². The highest BCUT2D eigenvalue weighted by Gasteiger charge is 2.35. The summed E-state index contributed by atoms with van der Waals surface area (Å²) in [5.74, 6) is -0.291. The Morgan fingerprint density at radius 3 is 2.68 bits per heavy atom. The highest BCUT2D eigenvalue weighted by molar-refractivity contribution is 5.81. The minimum absolute atomic E-state index is 0.0469. The van der Waals surface area contributed by atoms with Crippen molar-refractivity contribution in [2.24, 2.45) is 0 Å². The van der Waals surface area contributed by atoms with Gasteiger partial charge in [0.05, 0.1) is 16.9 Å². The molecule has 2 aromatic heterocycles. The van der Waals surface area contributed by atoms with E-state index < -0.39 is 11.7 Å². The fourth-order valence-electron chi connectivity index (χ4n) is 3.21. The van der Waals surface area contributed by atoms with Crippen molar-refractivity contribution in [1.82, 2.24) is 15.1 Å². The minimum Gasteiger partial charge on any atom is -0.488 e. The number of anilines is 2. The van der Waals surface area contributed by atoms with Gasteiger partial charge in [0.15, 0.2) is 5.69 Å². The molecule has 1 aromatic carbocycles. The number of ether oxygens (including phenoxy) is 1. The Hall–Kier alpha value is -3.84. The Balaban J connectivity index is 1.73. The minimum atomic E-state index is -4.63. The molecule has 1 aliphatic heterocycles. The Morgan fingerprint density at radius 1 is 1.19 bits per heavy atom. The Kier molecular flexibility index (Phi) is 5.12. The summed E-state index contributed by atoms with van der Waals surface area (Å²) in [6.07, 6.45) is -1.53. The van der Waals surface area contributed by atoms with Gasteiger partial charge < -0.3 is 4.74 Å². The summed E-state index contributed by atoms with van der Waals surface area (Å²) in [5, 5.41) is 12.8. The van der Waals surface area contributed by atoms with Crippen LogP contribution in [0.4, 0.5) is 24.5 Å². The van der Waals surface area contributed by atoms with Crippen molar-refractivity contribution in [3.05, 3.63) is 65.6 Å².